The smallest absolute Gasteiger partial charge is 0.414 e. The van der Waals surface area contributed by atoms with E-state index in [4.69, 9.17) is 9.84 Å². The average Bonchev–Trinajstić information content (AvgIpc) is 3.25. The van der Waals surface area contributed by atoms with Gasteiger partial charge in [0.15, 0.2) is 0 Å². The highest BCUT2D eigenvalue weighted by molar-refractivity contribution is 6.06. The molecule has 0 saturated carbocycles. The standard InChI is InChI=1S/C19H17F2N3O4/c20-12-1-3-13(4-2-12)22-7-8-23(18(22)26)17-6-5-14(9-16(17)21)24-10-15(11-25)28-19(24)27/h1-6,9,15,25H,7-8,10-11H2. The molecule has 2 saturated heterocycles. The predicted molar refractivity (Wildman–Crippen MR) is 97.6 cm³/mol. The van der Waals surface area contributed by atoms with E-state index in [-0.39, 0.29) is 31.1 Å². The van der Waals surface area contributed by atoms with Crippen molar-refractivity contribution < 1.29 is 28.2 Å². The van der Waals surface area contributed by atoms with Crippen LogP contribution in [0, 0.1) is 11.6 Å². The second kappa shape index (κ2) is 7.08. The van der Waals surface area contributed by atoms with Gasteiger partial charge < -0.3 is 9.84 Å². The van der Waals surface area contributed by atoms with E-state index in [0.717, 1.165) is 6.07 Å². The fourth-order valence-corrected chi connectivity index (χ4v) is 3.33. The molecule has 0 aromatic heterocycles. The first kappa shape index (κ1) is 18.2. The number of nitrogens with zero attached hydrogens (tertiary/aromatic N) is 3. The highest BCUT2D eigenvalue weighted by Crippen LogP contribution is 2.31. The van der Waals surface area contributed by atoms with E-state index >= 15 is 0 Å². The van der Waals surface area contributed by atoms with E-state index < -0.39 is 29.9 Å². The zero-order chi connectivity index (χ0) is 19.8. The molecule has 7 nitrogen and oxygen atoms in total. The zero-order valence-corrected chi connectivity index (χ0v) is 14.7. The third kappa shape index (κ3) is 3.13. The largest absolute Gasteiger partial charge is 0.441 e. The number of ether oxygens (including phenoxy) is 1. The fraction of sp³-hybridized carbons (Fsp3) is 0.263. The molecule has 2 fully saturated rings. The number of cyclic esters (lactones) is 1. The summed E-state index contributed by atoms with van der Waals surface area (Å²) >= 11 is 0. The Morgan fingerprint density at radius 3 is 2.29 bits per heavy atom. The summed E-state index contributed by atoms with van der Waals surface area (Å²) in [5.74, 6) is -1.06. The maximum Gasteiger partial charge on any atom is 0.414 e. The Labute approximate surface area is 159 Å². The van der Waals surface area contributed by atoms with Crippen LogP contribution < -0.4 is 14.7 Å². The Hall–Kier alpha value is -3.20. The molecule has 0 bridgehead atoms. The molecule has 2 aromatic rings. The van der Waals surface area contributed by atoms with Crippen LogP contribution in [0.2, 0.25) is 0 Å². The number of rotatable bonds is 4. The minimum atomic E-state index is -0.661. The molecule has 0 spiro atoms. The van der Waals surface area contributed by atoms with Crippen LogP contribution in [0.25, 0.3) is 0 Å². The number of aliphatic hydroxyl groups is 1. The first-order valence-corrected chi connectivity index (χ1v) is 8.71. The maximum atomic E-state index is 14.7. The number of carbonyl (C=O) groups is 2. The Kier molecular flexibility index (Phi) is 4.60. The van der Waals surface area contributed by atoms with Gasteiger partial charge in [0, 0.05) is 18.8 Å². The first-order valence-electron chi connectivity index (χ1n) is 8.71. The number of halogens is 2. The summed E-state index contributed by atoms with van der Waals surface area (Å²) in [4.78, 5) is 28.5. The molecule has 1 unspecified atom stereocenters. The highest BCUT2D eigenvalue weighted by atomic mass is 19.1. The molecule has 1 N–H and O–H groups in total. The molecule has 3 amide bonds. The molecule has 2 heterocycles. The minimum absolute atomic E-state index is 0.0876. The number of urea groups is 1. The molecule has 28 heavy (non-hydrogen) atoms. The van der Waals surface area contributed by atoms with Gasteiger partial charge in [0.05, 0.1) is 24.5 Å². The van der Waals surface area contributed by atoms with E-state index in [1.54, 1.807) is 0 Å². The summed E-state index contributed by atoms with van der Waals surface area (Å²) in [6, 6.07) is 9.19. The third-order valence-corrected chi connectivity index (χ3v) is 4.76. The van der Waals surface area contributed by atoms with Gasteiger partial charge in [-0.3, -0.25) is 14.7 Å². The molecule has 0 radical (unpaired) electrons. The number of aliphatic hydroxyl groups excluding tert-OH is 1. The molecule has 4 rings (SSSR count). The Morgan fingerprint density at radius 1 is 0.964 bits per heavy atom. The Morgan fingerprint density at radius 2 is 1.64 bits per heavy atom. The van der Waals surface area contributed by atoms with Crippen molar-refractivity contribution in [3.05, 3.63) is 54.1 Å². The summed E-state index contributed by atoms with van der Waals surface area (Å²) < 4.78 is 32.8. The zero-order valence-electron chi connectivity index (χ0n) is 14.7. The molecule has 2 aliphatic heterocycles. The topological polar surface area (TPSA) is 73.3 Å². The lowest BCUT2D eigenvalue weighted by Crippen LogP contribution is -2.32. The first-order chi connectivity index (χ1) is 13.5. The van der Waals surface area contributed by atoms with Gasteiger partial charge in [0.25, 0.3) is 0 Å². The second-order valence-electron chi connectivity index (χ2n) is 6.50. The van der Waals surface area contributed by atoms with Crippen LogP contribution in [0.5, 0.6) is 0 Å². The summed E-state index contributed by atoms with van der Waals surface area (Å²) in [5, 5.41) is 9.11. The molecular weight excluding hydrogens is 372 g/mol. The maximum absolute atomic E-state index is 14.7. The van der Waals surface area contributed by atoms with Gasteiger partial charge in [-0.25, -0.2) is 18.4 Å². The summed E-state index contributed by atoms with van der Waals surface area (Å²) in [7, 11) is 0. The van der Waals surface area contributed by atoms with Gasteiger partial charge >= 0.3 is 12.1 Å². The Bertz CT molecular complexity index is 922. The van der Waals surface area contributed by atoms with Crippen LogP contribution in [0.15, 0.2) is 42.5 Å². The third-order valence-electron chi connectivity index (χ3n) is 4.76. The second-order valence-corrected chi connectivity index (χ2v) is 6.50. The molecule has 9 heteroatoms. The van der Waals surface area contributed by atoms with E-state index in [1.165, 1.54) is 51.1 Å². The van der Waals surface area contributed by atoms with E-state index in [1.807, 2.05) is 0 Å². The van der Waals surface area contributed by atoms with Gasteiger partial charge in [-0.1, -0.05) is 0 Å². The number of hydrogen-bond donors (Lipinski definition) is 1. The molecule has 0 aliphatic carbocycles. The predicted octanol–water partition coefficient (Wildman–Crippen LogP) is 2.73. The highest BCUT2D eigenvalue weighted by Gasteiger charge is 2.34. The van der Waals surface area contributed by atoms with Gasteiger partial charge in [0.2, 0.25) is 0 Å². The van der Waals surface area contributed by atoms with Crippen molar-refractivity contribution in [2.45, 2.75) is 6.10 Å². The molecule has 2 aliphatic rings. The number of hydrogen-bond acceptors (Lipinski definition) is 4. The summed E-state index contributed by atoms with van der Waals surface area (Å²) in [6.07, 6.45) is -1.31. The van der Waals surface area contributed by atoms with Gasteiger partial charge in [-0.2, -0.15) is 0 Å². The summed E-state index contributed by atoms with van der Waals surface area (Å²) in [5.41, 5.74) is 0.898. The van der Waals surface area contributed by atoms with Crippen molar-refractivity contribution in [1.29, 1.82) is 0 Å². The van der Waals surface area contributed by atoms with Crippen LogP contribution in [-0.4, -0.2) is 49.6 Å². The van der Waals surface area contributed by atoms with Crippen molar-refractivity contribution in [2.75, 3.05) is 40.9 Å². The number of amides is 3. The summed E-state index contributed by atoms with van der Waals surface area (Å²) in [6.45, 7) is 0.409. The van der Waals surface area contributed by atoms with Crippen molar-refractivity contribution in [2.24, 2.45) is 0 Å². The van der Waals surface area contributed by atoms with Crippen molar-refractivity contribution >= 4 is 29.2 Å². The van der Waals surface area contributed by atoms with Gasteiger partial charge in [-0.15, -0.1) is 0 Å². The van der Waals surface area contributed by atoms with Crippen LogP contribution in [0.4, 0.5) is 35.4 Å². The monoisotopic (exact) mass is 389 g/mol. The van der Waals surface area contributed by atoms with Crippen molar-refractivity contribution in [3.8, 4) is 0 Å². The normalized spacial score (nSPS) is 19.5. The van der Waals surface area contributed by atoms with E-state index in [9.17, 15) is 18.4 Å². The van der Waals surface area contributed by atoms with Crippen LogP contribution in [-0.2, 0) is 4.74 Å². The lowest BCUT2D eigenvalue weighted by atomic mass is 10.2. The molecule has 146 valence electrons. The minimum Gasteiger partial charge on any atom is -0.441 e. The van der Waals surface area contributed by atoms with Crippen molar-refractivity contribution in [3.63, 3.8) is 0 Å². The van der Waals surface area contributed by atoms with E-state index in [0.29, 0.717) is 12.2 Å². The fourth-order valence-electron chi connectivity index (χ4n) is 3.33. The van der Waals surface area contributed by atoms with Crippen molar-refractivity contribution in [1.82, 2.24) is 0 Å². The van der Waals surface area contributed by atoms with Gasteiger partial charge in [0.1, 0.15) is 17.7 Å². The SMILES string of the molecule is O=C1OC(CO)CN1c1ccc(N2CCN(c3ccc(F)cc3)C2=O)c(F)c1. The molecule has 1 atom stereocenters. The van der Waals surface area contributed by atoms with Crippen LogP contribution in [0.1, 0.15) is 0 Å². The van der Waals surface area contributed by atoms with E-state index in [2.05, 4.69) is 0 Å². The van der Waals surface area contributed by atoms with Gasteiger partial charge in [-0.05, 0) is 42.5 Å². The van der Waals surface area contributed by atoms with Crippen LogP contribution >= 0.6 is 0 Å². The average molecular weight is 389 g/mol. The number of anilines is 3. The van der Waals surface area contributed by atoms with Crippen LogP contribution in [0.3, 0.4) is 0 Å². The molecule has 2 aromatic carbocycles. The lowest BCUT2D eigenvalue weighted by Gasteiger charge is -2.20. The number of benzene rings is 2. The molecular formula is C19H17F2N3O4. The Balaban J connectivity index is 1.54. The lowest BCUT2D eigenvalue weighted by molar-refractivity contribution is 0.0963. The number of carbonyl (C=O) groups excluding carboxylic acids is 2. The quantitative estimate of drug-likeness (QED) is 0.873.